The summed E-state index contributed by atoms with van der Waals surface area (Å²) < 4.78 is 0. The summed E-state index contributed by atoms with van der Waals surface area (Å²) in [5.41, 5.74) is 4.74. The smallest absolute Gasteiger partial charge is 0.277 e. The van der Waals surface area contributed by atoms with Crippen LogP contribution in [0.25, 0.3) is 0 Å². The van der Waals surface area contributed by atoms with Gasteiger partial charge in [-0.25, -0.2) is 0 Å². The van der Waals surface area contributed by atoms with Crippen LogP contribution in [0.4, 0.5) is 11.4 Å². The molecule has 0 N–H and O–H groups in total. The van der Waals surface area contributed by atoms with Crippen LogP contribution in [0, 0.1) is 6.92 Å². The molecular weight excluding hydrogens is 374 g/mol. The third-order valence-electron chi connectivity index (χ3n) is 5.53. The minimum Gasteiger partial charge on any atom is -0.309 e. The maximum Gasteiger partial charge on any atom is 0.277 e. The zero-order valence-electron chi connectivity index (χ0n) is 17.5. The van der Waals surface area contributed by atoms with Crippen LogP contribution in [-0.4, -0.2) is 29.4 Å². The molecule has 0 radical (unpaired) electrons. The highest BCUT2D eigenvalue weighted by atomic mass is 16.2. The molecule has 3 aromatic rings. The van der Waals surface area contributed by atoms with Crippen LogP contribution in [0.5, 0.6) is 0 Å². The molecule has 0 saturated carbocycles. The first-order chi connectivity index (χ1) is 14.5. The number of aryl methyl sites for hydroxylation is 1. The number of anilines is 2. The zero-order chi connectivity index (χ0) is 21.3. The quantitative estimate of drug-likeness (QED) is 0.642. The summed E-state index contributed by atoms with van der Waals surface area (Å²) in [5, 5.41) is 0. The van der Waals surface area contributed by atoms with E-state index in [1.54, 1.807) is 21.9 Å². The second-order valence-corrected chi connectivity index (χ2v) is 7.68. The number of amides is 2. The average molecular weight is 399 g/mol. The predicted molar refractivity (Wildman–Crippen MR) is 119 cm³/mol. The predicted octanol–water partition coefficient (Wildman–Crippen LogP) is 4.65. The Labute approximate surface area is 177 Å². The fourth-order valence-electron chi connectivity index (χ4n) is 4.07. The van der Waals surface area contributed by atoms with Crippen molar-refractivity contribution >= 4 is 23.2 Å². The Balaban J connectivity index is 1.64. The Hall–Kier alpha value is -3.47. The first-order valence-corrected chi connectivity index (χ1v) is 10.3. The third-order valence-corrected chi connectivity index (χ3v) is 5.53. The van der Waals surface area contributed by atoms with E-state index in [1.165, 1.54) is 6.20 Å². The van der Waals surface area contributed by atoms with Crippen molar-refractivity contribution < 1.29 is 9.59 Å². The summed E-state index contributed by atoms with van der Waals surface area (Å²) in [6.07, 6.45) is 2.36. The Kier molecular flexibility index (Phi) is 5.36. The minimum absolute atomic E-state index is 0.0514. The van der Waals surface area contributed by atoms with E-state index in [2.05, 4.69) is 4.98 Å². The topological polar surface area (TPSA) is 53.5 Å². The number of hydrogen-bond donors (Lipinski definition) is 0. The van der Waals surface area contributed by atoms with Gasteiger partial charge in [-0.15, -0.1) is 0 Å². The maximum atomic E-state index is 13.3. The van der Waals surface area contributed by atoms with Crippen molar-refractivity contribution in [3.8, 4) is 0 Å². The number of para-hydroxylation sites is 1. The van der Waals surface area contributed by atoms with E-state index in [4.69, 9.17) is 0 Å². The molecule has 0 aliphatic carbocycles. The Morgan fingerprint density at radius 2 is 1.90 bits per heavy atom. The van der Waals surface area contributed by atoms with Gasteiger partial charge in [-0.3, -0.25) is 14.6 Å². The number of hydrogen-bond acceptors (Lipinski definition) is 3. The summed E-state index contributed by atoms with van der Waals surface area (Å²) in [6.45, 7) is 6.50. The lowest BCUT2D eigenvalue weighted by Gasteiger charge is -2.23. The molecule has 152 valence electrons. The molecule has 0 fully saturated rings. The molecule has 0 saturated heterocycles. The van der Waals surface area contributed by atoms with Gasteiger partial charge in [0.25, 0.3) is 11.8 Å². The monoisotopic (exact) mass is 399 g/mol. The Bertz CT molecular complexity index is 1110. The van der Waals surface area contributed by atoms with Crippen LogP contribution < -0.4 is 9.80 Å². The molecule has 30 heavy (non-hydrogen) atoms. The first-order valence-electron chi connectivity index (χ1n) is 10.3. The Morgan fingerprint density at radius 1 is 1.10 bits per heavy atom. The number of benzene rings is 2. The van der Waals surface area contributed by atoms with Gasteiger partial charge in [-0.1, -0.05) is 30.3 Å². The molecule has 1 unspecified atom stereocenters. The van der Waals surface area contributed by atoms with Crippen molar-refractivity contribution in [2.45, 2.75) is 33.2 Å². The van der Waals surface area contributed by atoms with Crippen LogP contribution in [-0.2, 0) is 6.42 Å². The van der Waals surface area contributed by atoms with E-state index in [9.17, 15) is 9.59 Å². The molecule has 1 aliphatic rings. The lowest BCUT2D eigenvalue weighted by Crippen LogP contribution is -2.36. The summed E-state index contributed by atoms with van der Waals surface area (Å²) in [7, 11) is 0. The van der Waals surface area contributed by atoms with Gasteiger partial charge in [0.05, 0.1) is 0 Å². The molecule has 1 aliphatic heterocycles. The number of rotatable bonds is 4. The summed E-state index contributed by atoms with van der Waals surface area (Å²) in [6, 6.07) is 19.1. The van der Waals surface area contributed by atoms with Crippen molar-refractivity contribution in [3.05, 3.63) is 89.2 Å². The van der Waals surface area contributed by atoms with Gasteiger partial charge in [0.15, 0.2) is 0 Å². The van der Waals surface area contributed by atoms with Crippen LogP contribution >= 0.6 is 0 Å². The second-order valence-electron chi connectivity index (χ2n) is 7.68. The van der Waals surface area contributed by atoms with E-state index < -0.39 is 0 Å². The Morgan fingerprint density at radius 3 is 2.67 bits per heavy atom. The lowest BCUT2D eigenvalue weighted by molar-refractivity contribution is 0.0976. The number of carbonyl (C=O) groups excluding carboxylic acids is 2. The van der Waals surface area contributed by atoms with Crippen LogP contribution in [0.2, 0.25) is 0 Å². The number of aromatic nitrogens is 1. The lowest BCUT2D eigenvalue weighted by atomic mass is 10.1. The van der Waals surface area contributed by atoms with Gasteiger partial charge in [0, 0.05) is 35.7 Å². The maximum absolute atomic E-state index is 13.3. The second kappa shape index (κ2) is 8.11. The molecular formula is C25H25N3O2. The fourth-order valence-corrected chi connectivity index (χ4v) is 4.07. The molecule has 0 spiro atoms. The van der Waals surface area contributed by atoms with Gasteiger partial charge >= 0.3 is 0 Å². The number of carbonyl (C=O) groups is 2. The molecule has 1 aromatic heterocycles. The van der Waals surface area contributed by atoms with Crippen molar-refractivity contribution in [2.24, 2.45) is 0 Å². The first kappa shape index (κ1) is 19.8. The molecule has 2 heterocycles. The van der Waals surface area contributed by atoms with Gasteiger partial charge in [0.2, 0.25) is 0 Å². The van der Waals surface area contributed by atoms with Gasteiger partial charge < -0.3 is 9.80 Å². The summed E-state index contributed by atoms with van der Waals surface area (Å²) in [4.78, 5) is 34.3. The van der Waals surface area contributed by atoms with Crippen molar-refractivity contribution in [2.75, 3.05) is 16.3 Å². The molecule has 4 rings (SSSR count). The van der Waals surface area contributed by atoms with E-state index in [0.29, 0.717) is 12.1 Å². The van der Waals surface area contributed by atoms with Crippen molar-refractivity contribution in [1.82, 2.24) is 4.98 Å². The molecule has 2 amide bonds. The van der Waals surface area contributed by atoms with Gasteiger partial charge in [-0.05, 0) is 68.7 Å². The highest BCUT2D eigenvalue weighted by molar-refractivity contribution is 6.10. The average Bonchev–Trinajstić information content (AvgIpc) is 3.09. The molecule has 5 heteroatoms. The van der Waals surface area contributed by atoms with E-state index in [-0.39, 0.29) is 23.6 Å². The zero-order valence-corrected chi connectivity index (χ0v) is 17.5. The molecule has 5 nitrogen and oxygen atoms in total. The van der Waals surface area contributed by atoms with Crippen LogP contribution in [0.1, 0.15) is 45.8 Å². The van der Waals surface area contributed by atoms with Gasteiger partial charge in [0.1, 0.15) is 5.69 Å². The number of fused-ring (bicyclic) bond motifs is 1. The van der Waals surface area contributed by atoms with E-state index >= 15 is 0 Å². The molecule has 2 aromatic carbocycles. The van der Waals surface area contributed by atoms with Crippen LogP contribution in [0.15, 0.2) is 66.9 Å². The van der Waals surface area contributed by atoms with E-state index in [1.807, 2.05) is 69.3 Å². The van der Waals surface area contributed by atoms with Crippen molar-refractivity contribution in [1.29, 1.82) is 0 Å². The van der Waals surface area contributed by atoms with Crippen molar-refractivity contribution in [3.63, 3.8) is 0 Å². The third kappa shape index (κ3) is 3.59. The highest BCUT2D eigenvalue weighted by Gasteiger charge is 2.32. The SMILES string of the molecule is CCN(C(=O)c1ccnc(C(=O)N2c3ccccc3CC2C)c1)c1cccc(C)c1. The largest absolute Gasteiger partial charge is 0.309 e. The number of nitrogens with zero attached hydrogens (tertiary/aromatic N) is 3. The van der Waals surface area contributed by atoms with Crippen LogP contribution in [0.3, 0.4) is 0 Å². The molecule has 1 atom stereocenters. The summed E-state index contributed by atoms with van der Waals surface area (Å²) >= 11 is 0. The minimum atomic E-state index is -0.180. The normalized spacial score (nSPS) is 15.0. The number of pyridine rings is 1. The highest BCUT2D eigenvalue weighted by Crippen LogP contribution is 2.33. The van der Waals surface area contributed by atoms with Gasteiger partial charge in [-0.2, -0.15) is 0 Å². The van der Waals surface area contributed by atoms with E-state index in [0.717, 1.165) is 28.9 Å². The summed E-state index contributed by atoms with van der Waals surface area (Å²) in [5.74, 6) is -0.324. The fraction of sp³-hybridized carbons (Fsp3) is 0.240. The molecule has 0 bridgehead atoms. The standard InChI is InChI=1S/C25H25N3O2/c1-4-27(21-10-7-8-17(2)14-21)24(29)20-12-13-26-22(16-20)25(30)28-18(3)15-19-9-5-6-11-23(19)28/h5-14,16,18H,4,15H2,1-3H3.